The van der Waals surface area contributed by atoms with Gasteiger partial charge < -0.3 is 14.6 Å². The van der Waals surface area contributed by atoms with Crippen LogP contribution in [0.15, 0.2) is 63.0 Å². The number of rotatable bonds is 2. The van der Waals surface area contributed by atoms with Crippen LogP contribution in [0.2, 0.25) is 0 Å². The normalized spacial score (nSPS) is 16.9. The van der Waals surface area contributed by atoms with E-state index in [0.717, 1.165) is 14.9 Å². The number of furan rings is 1. The van der Waals surface area contributed by atoms with Crippen LogP contribution >= 0.6 is 27.3 Å². The maximum absolute atomic E-state index is 13.0. The third-order valence-corrected chi connectivity index (χ3v) is 5.43. The van der Waals surface area contributed by atoms with Crippen molar-refractivity contribution in [2.24, 2.45) is 0 Å². The summed E-state index contributed by atoms with van der Waals surface area (Å²) in [7, 11) is 0. The average Bonchev–Trinajstić information content (AvgIpc) is 3.27. The first-order valence-electron chi connectivity index (χ1n) is 7.60. The van der Waals surface area contributed by atoms with Gasteiger partial charge in [-0.2, -0.15) is 0 Å². The lowest BCUT2D eigenvalue weighted by Crippen LogP contribution is -2.38. The van der Waals surface area contributed by atoms with Gasteiger partial charge in [0.05, 0.1) is 12.3 Å². The molecule has 0 radical (unpaired) electrons. The quantitative estimate of drug-likeness (QED) is 0.677. The van der Waals surface area contributed by atoms with Crippen molar-refractivity contribution in [1.29, 1.82) is 0 Å². The number of amides is 2. The van der Waals surface area contributed by atoms with Crippen LogP contribution in [0.4, 0.5) is 5.69 Å². The predicted octanol–water partition coefficient (Wildman–Crippen LogP) is 4.29. The Morgan fingerprint density at radius 1 is 1.28 bits per heavy atom. The maximum atomic E-state index is 13.0. The molecule has 3 aromatic rings. The summed E-state index contributed by atoms with van der Waals surface area (Å²) >= 11 is 5.04. The van der Waals surface area contributed by atoms with E-state index in [-0.39, 0.29) is 30.2 Å². The summed E-state index contributed by atoms with van der Waals surface area (Å²) in [6.45, 7) is -0.0472. The van der Waals surface area contributed by atoms with E-state index in [1.165, 1.54) is 6.26 Å². The van der Waals surface area contributed by atoms with E-state index in [9.17, 15) is 9.59 Å². The summed E-state index contributed by atoms with van der Waals surface area (Å²) in [5.74, 6) is -0.332. The first-order chi connectivity index (χ1) is 12.1. The summed E-state index contributed by atoms with van der Waals surface area (Å²) in [5.41, 5.74) is 1.57. The van der Waals surface area contributed by atoms with Crippen molar-refractivity contribution in [3.8, 4) is 0 Å². The lowest BCUT2D eigenvalue weighted by atomic mass is 10.0. The van der Waals surface area contributed by atoms with Crippen molar-refractivity contribution in [3.05, 3.63) is 74.8 Å². The second-order valence-corrected chi connectivity index (χ2v) is 7.50. The fourth-order valence-electron chi connectivity index (χ4n) is 2.96. The van der Waals surface area contributed by atoms with Crippen molar-refractivity contribution < 1.29 is 14.0 Å². The Morgan fingerprint density at radius 3 is 2.88 bits per heavy atom. The fraction of sp³-hybridized carbons (Fsp3) is 0.111. The lowest BCUT2D eigenvalue weighted by Gasteiger charge is -2.28. The third kappa shape index (κ3) is 3.01. The smallest absolute Gasteiger partial charge is 0.290 e. The van der Waals surface area contributed by atoms with Crippen LogP contribution in [0.3, 0.4) is 0 Å². The molecule has 1 aliphatic heterocycles. The van der Waals surface area contributed by atoms with E-state index in [4.69, 9.17) is 4.42 Å². The molecule has 1 aromatic carbocycles. The van der Waals surface area contributed by atoms with Crippen molar-refractivity contribution in [1.82, 2.24) is 4.90 Å². The van der Waals surface area contributed by atoms with Gasteiger partial charge in [-0.15, -0.1) is 11.3 Å². The molecule has 0 saturated carbocycles. The molecule has 1 unspecified atom stereocenters. The van der Waals surface area contributed by atoms with E-state index in [2.05, 4.69) is 21.2 Å². The fourth-order valence-corrected chi connectivity index (χ4v) is 4.20. The molecule has 3 heterocycles. The molecule has 7 heteroatoms. The molecule has 0 aliphatic carbocycles. The minimum absolute atomic E-state index is 0.0472. The molecule has 1 aliphatic rings. The van der Waals surface area contributed by atoms with Crippen molar-refractivity contribution in [2.75, 3.05) is 11.9 Å². The van der Waals surface area contributed by atoms with Gasteiger partial charge in [-0.3, -0.25) is 9.59 Å². The van der Waals surface area contributed by atoms with E-state index in [1.807, 2.05) is 35.7 Å². The number of thiophene rings is 1. The Morgan fingerprint density at radius 2 is 2.16 bits per heavy atom. The number of benzene rings is 1. The Bertz CT molecular complexity index is 922. The van der Waals surface area contributed by atoms with E-state index >= 15 is 0 Å². The van der Waals surface area contributed by atoms with Gasteiger partial charge >= 0.3 is 0 Å². The van der Waals surface area contributed by atoms with Crippen LogP contribution in [0, 0.1) is 0 Å². The summed E-state index contributed by atoms with van der Waals surface area (Å²) in [6.07, 6.45) is 1.45. The monoisotopic (exact) mass is 416 g/mol. The summed E-state index contributed by atoms with van der Waals surface area (Å²) in [6, 6.07) is 12.5. The molecule has 0 bridgehead atoms. The number of halogens is 1. The Kier molecular flexibility index (Phi) is 4.19. The van der Waals surface area contributed by atoms with Gasteiger partial charge in [-0.05, 0) is 41.8 Å². The minimum Gasteiger partial charge on any atom is -0.459 e. The number of nitrogens with one attached hydrogen (secondary N) is 1. The zero-order valence-electron chi connectivity index (χ0n) is 12.9. The third-order valence-electron chi connectivity index (χ3n) is 4.01. The highest BCUT2D eigenvalue weighted by molar-refractivity contribution is 9.10. The van der Waals surface area contributed by atoms with Crippen molar-refractivity contribution in [3.63, 3.8) is 0 Å². The number of carbonyl (C=O) groups is 2. The molecular weight excluding hydrogens is 404 g/mol. The van der Waals surface area contributed by atoms with Gasteiger partial charge in [0.2, 0.25) is 5.91 Å². The molecular formula is C18H13BrN2O3S. The van der Waals surface area contributed by atoms with Crippen LogP contribution in [0.5, 0.6) is 0 Å². The first kappa shape index (κ1) is 16.1. The number of nitrogens with zero attached hydrogens (tertiary/aromatic N) is 1. The molecule has 126 valence electrons. The van der Waals surface area contributed by atoms with Crippen LogP contribution in [-0.2, 0) is 4.79 Å². The highest BCUT2D eigenvalue weighted by Gasteiger charge is 2.35. The molecule has 1 N–H and O–H groups in total. The largest absolute Gasteiger partial charge is 0.459 e. The van der Waals surface area contributed by atoms with Crippen LogP contribution in [0.25, 0.3) is 0 Å². The van der Waals surface area contributed by atoms with Crippen LogP contribution in [-0.4, -0.2) is 23.3 Å². The van der Waals surface area contributed by atoms with Gasteiger partial charge in [0.1, 0.15) is 6.54 Å². The summed E-state index contributed by atoms with van der Waals surface area (Å²) in [5, 5.41) is 4.85. The van der Waals surface area contributed by atoms with Gasteiger partial charge in [0.15, 0.2) is 5.76 Å². The maximum Gasteiger partial charge on any atom is 0.290 e. The van der Waals surface area contributed by atoms with Gasteiger partial charge in [-0.1, -0.05) is 22.0 Å². The molecule has 5 nitrogen and oxygen atoms in total. The number of fused-ring (bicyclic) bond motifs is 1. The van der Waals surface area contributed by atoms with Crippen molar-refractivity contribution in [2.45, 2.75) is 6.04 Å². The molecule has 0 fully saturated rings. The van der Waals surface area contributed by atoms with Gasteiger partial charge in [-0.25, -0.2) is 0 Å². The standard InChI is InChI=1S/C18H13BrN2O3S/c19-11-5-6-13-12(9-11)17(15-4-2-8-25-15)21(10-16(22)20-13)18(23)14-3-1-7-24-14/h1-9,17H,10H2,(H,20,22). The van der Waals surface area contributed by atoms with Crippen molar-refractivity contribution >= 4 is 44.8 Å². The molecule has 0 spiro atoms. The predicted molar refractivity (Wildman–Crippen MR) is 98.7 cm³/mol. The highest BCUT2D eigenvalue weighted by atomic mass is 79.9. The van der Waals surface area contributed by atoms with E-state index in [1.54, 1.807) is 28.4 Å². The number of anilines is 1. The lowest BCUT2D eigenvalue weighted by molar-refractivity contribution is -0.117. The first-order valence-corrected chi connectivity index (χ1v) is 9.28. The Balaban J connectivity index is 1.89. The molecule has 2 amide bonds. The average molecular weight is 417 g/mol. The van der Waals surface area contributed by atoms with Gasteiger partial charge in [0.25, 0.3) is 5.91 Å². The molecule has 0 saturated heterocycles. The van der Waals surface area contributed by atoms with Gasteiger partial charge in [0, 0.05) is 20.6 Å². The Labute approximate surface area is 156 Å². The summed E-state index contributed by atoms with van der Waals surface area (Å²) < 4.78 is 6.16. The number of hydrogen-bond donors (Lipinski definition) is 1. The SMILES string of the molecule is O=C1CN(C(=O)c2ccco2)C(c2cccs2)c2cc(Br)ccc2N1. The Hall–Kier alpha value is -2.38. The number of carbonyl (C=O) groups excluding carboxylic acids is 2. The zero-order chi connectivity index (χ0) is 17.4. The summed E-state index contributed by atoms with van der Waals surface area (Å²) in [4.78, 5) is 27.9. The second-order valence-electron chi connectivity index (χ2n) is 5.61. The molecule has 4 rings (SSSR count). The molecule has 2 aromatic heterocycles. The van der Waals surface area contributed by atoms with E-state index < -0.39 is 0 Å². The topological polar surface area (TPSA) is 62.6 Å². The number of hydrogen-bond acceptors (Lipinski definition) is 4. The van der Waals surface area contributed by atoms with Crippen LogP contribution in [0.1, 0.15) is 27.0 Å². The molecule has 25 heavy (non-hydrogen) atoms. The molecule has 1 atom stereocenters. The highest BCUT2D eigenvalue weighted by Crippen LogP contribution is 2.39. The second kappa shape index (κ2) is 6.50. The minimum atomic E-state index is -0.371. The zero-order valence-corrected chi connectivity index (χ0v) is 15.3. The van der Waals surface area contributed by atoms with Crippen LogP contribution < -0.4 is 5.32 Å². The van der Waals surface area contributed by atoms with E-state index in [0.29, 0.717) is 5.69 Å².